The van der Waals surface area contributed by atoms with Crippen LogP contribution in [-0.4, -0.2) is 34.8 Å². The quantitative estimate of drug-likeness (QED) is 0.437. The standard InChI is InChI=1S/C13H19NO6/c1-5-7(2)9(10(15)16)14-6-8-11(17)19-13(3,4)20-12(8)18/h6-7,9,14H,5H2,1-4H3,(H,15,16)/t7-,9-/m0/s1. The third-order valence-corrected chi connectivity index (χ3v) is 3.00. The Labute approximate surface area is 116 Å². The van der Waals surface area contributed by atoms with E-state index in [0.717, 1.165) is 6.20 Å². The van der Waals surface area contributed by atoms with Crippen LogP contribution in [0.4, 0.5) is 0 Å². The van der Waals surface area contributed by atoms with Gasteiger partial charge in [0.1, 0.15) is 6.04 Å². The molecule has 1 aliphatic rings. The molecule has 0 aliphatic carbocycles. The number of rotatable bonds is 5. The summed E-state index contributed by atoms with van der Waals surface area (Å²) in [6.45, 7) is 6.48. The van der Waals surface area contributed by atoms with E-state index < -0.39 is 29.7 Å². The molecule has 1 rings (SSSR count). The highest BCUT2D eigenvalue weighted by Gasteiger charge is 2.39. The highest BCUT2D eigenvalue weighted by molar-refractivity contribution is 6.15. The Morgan fingerprint density at radius 2 is 1.85 bits per heavy atom. The monoisotopic (exact) mass is 285 g/mol. The number of hydrogen-bond acceptors (Lipinski definition) is 6. The van der Waals surface area contributed by atoms with Crippen molar-refractivity contribution in [3.05, 3.63) is 11.8 Å². The number of esters is 2. The lowest BCUT2D eigenvalue weighted by atomic mass is 9.99. The van der Waals surface area contributed by atoms with Crippen molar-refractivity contribution in [1.29, 1.82) is 0 Å². The Kier molecular flexibility index (Phi) is 4.75. The van der Waals surface area contributed by atoms with Crippen LogP contribution in [0, 0.1) is 5.92 Å². The lowest BCUT2D eigenvalue weighted by Crippen LogP contribution is -2.44. The van der Waals surface area contributed by atoms with Crippen LogP contribution in [0.15, 0.2) is 11.8 Å². The molecule has 2 atom stereocenters. The van der Waals surface area contributed by atoms with E-state index in [-0.39, 0.29) is 11.5 Å². The Balaban J connectivity index is 2.86. The van der Waals surface area contributed by atoms with Crippen LogP contribution in [-0.2, 0) is 23.9 Å². The molecule has 0 amide bonds. The van der Waals surface area contributed by atoms with Crippen LogP contribution >= 0.6 is 0 Å². The van der Waals surface area contributed by atoms with Gasteiger partial charge in [0.25, 0.3) is 5.79 Å². The molecule has 0 aromatic rings. The molecule has 0 aromatic heterocycles. The van der Waals surface area contributed by atoms with Crippen molar-refractivity contribution >= 4 is 17.9 Å². The molecule has 7 nitrogen and oxygen atoms in total. The number of cyclic esters (lactones) is 2. The van der Waals surface area contributed by atoms with Gasteiger partial charge in [-0.3, -0.25) is 0 Å². The summed E-state index contributed by atoms with van der Waals surface area (Å²) >= 11 is 0. The van der Waals surface area contributed by atoms with E-state index in [4.69, 9.17) is 14.6 Å². The molecule has 2 N–H and O–H groups in total. The van der Waals surface area contributed by atoms with Crippen molar-refractivity contribution in [1.82, 2.24) is 5.32 Å². The highest BCUT2D eigenvalue weighted by atomic mass is 16.7. The molecule has 112 valence electrons. The molecular weight excluding hydrogens is 266 g/mol. The van der Waals surface area contributed by atoms with Crippen LogP contribution in [0.5, 0.6) is 0 Å². The Bertz CT molecular complexity index is 432. The molecule has 0 saturated carbocycles. The normalized spacial score (nSPS) is 20.5. The van der Waals surface area contributed by atoms with Gasteiger partial charge in [-0.05, 0) is 5.92 Å². The molecule has 1 fully saturated rings. The fraction of sp³-hybridized carbons (Fsp3) is 0.615. The van der Waals surface area contributed by atoms with E-state index in [0.29, 0.717) is 6.42 Å². The number of carbonyl (C=O) groups excluding carboxylic acids is 2. The minimum atomic E-state index is -1.31. The van der Waals surface area contributed by atoms with Gasteiger partial charge in [-0.15, -0.1) is 0 Å². The number of nitrogens with one attached hydrogen (secondary N) is 1. The van der Waals surface area contributed by atoms with Crippen molar-refractivity contribution in [3.8, 4) is 0 Å². The van der Waals surface area contributed by atoms with Gasteiger partial charge >= 0.3 is 17.9 Å². The van der Waals surface area contributed by atoms with Crippen molar-refractivity contribution in [2.24, 2.45) is 5.92 Å². The first-order valence-corrected chi connectivity index (χ1v) is 6.33. The van der Waals surface area contributed by atoms with Gasteiger partial charge in [-0.2, -0.15) is 0 Å². The second kappa shape index (κ2) is 5.94. The predicted molar refractivity (Wildman–Crippen MR) is 68.4 cm³/mol. The van der Waals surface area contributed by atoms with Gasteiger partial charge in [-0.1, -0.05) is 20.3 Å². The van der Waals surface area contributed by atoms with Gasteiger partial charge in [0.05, 0.1) is 0 Å². The summed E-state index contributed by atoms with van der Waals surface area (Å²) in [5.41, 5.74) is -0.348. The minimum Gasteiger partial charge on any atom is -0.480 e. The fourth-order valence-corrected chi connectivity index (χ4v) is 1.67. The van der Waals surface area contributed by atoms with Crippen molar-refractivity contribution in [2.75, 3.05) is 0 Å². The number of ether oxygens (including phenoxy) is 2. The van der Waals surface area contributed by atoms with Crippen LogP contribution in [0.3, 0.4) is 0 Å². The smallest absolute Gasteiger partial charge is 0.350 e. The second-order valence-electron chi connectivity index (χ2n) is 5.10. The molecular formula is C13H19NO6. The summed E-state index contributed by atoms with van der Waals surface area (Å²) in [4.78, 5) is 34.4. The SMILES string of the molecule is CC[C@H](C)[C@H](NC=C1C(=O)OC(C)(C)OC1=O)C(=O)O. The largest absolute Gasteiger partial charge is 0.480 e. The lowest BCUT2D eigenvalue weighted by Gasteiger charge is -2.30. The predicted octanol–water partition coefficient (Wildman–Crippen LogP) is 0.795. The van der Waals surface area contributed by atoms with E-state index in [1.165, 1.54) is 13.8 Å². The van der Waals surface area contributed by atoms with Crippen LogP contribution in [0.2, 0.25) is 0 Å². The molecule has 1 heterocycles. The first kappa shape index (κ1) is 16.0. The summed E-state index contributed by atoms with van der Waals surface area (Å²) < 4.78 is 9.80. The van der Waals surface area contributed by atoms with Crippen molar-refractivity contribution < 1.29 is 29.0 Å². The van der Waals surface area contributed by atoms with Crippen LogP contribution in [0.1, 0.15) is 34.1 Å². The van der Waals surface area contributed by atoms with Crippen molar-refractivity contribution in [3.63, 3.8) is 0 Å². The lowest BCUT2D eigenvalue weighted by molar-refractivity contribution is -0.222. The fourth-order valence-electron chi connectivity index (χ4n) is 1.67. The Morgan fingerprint density at radius 1 is 1.35 bits per heavy atom. The molecule has 0 bridgehead atoms. The number of aliphatic carboxylic acids is 1. The molecule has 0 unspecified atom stereocenters. The average Bonchev–Trinajstić information content (AvgIpc) is 2.30. The zero-order valence-corrected chi connectivity index (χ0v) is 11.9. The molecule has 7 heteroatoms. The third kappa shape index (κ3) is 3.72. The van der Waals surface area contributed by atoms with Crippen LogP contribution < -0.4 is 5.32 Å². The minimum absolute atomic E-state index is 0.170. The Hall–Kier alpha value is -2.05. The maximum Gasteiger partial charge on any atom is 0.350 e. The third-order valence-electron chi connectivity index (χ3n) is 3.00. The highest BCUT2D eigenvalue weighted by Crippen LogP contribution is 2.22. The summed E-state index contributed by atoms with van der Waals surface area (Å²) in [5, 5.41) is 11.7. The summed E-state index contributed by atoms with van der Waals surface area (Å²) in [6.07, 6.45) is 1.68. The summed E-state index contributed by atoms with van der Waals surface area (Å²) in [5.74, 6) is -4.22. The Morgan fingerprint density at radius 3 is 2.25 bits per heavy atom. The molecule has 0 aromatic carbocycles. The molecule has 0 spiro atoms. The van der Waals surface area contributed by atoms with Gasteiger partial charge < -0.3 is 19.9 Å². The van der Waals surface area contributed by atoms with Crippen LogP contribution in [0.25, 0.3) is 0 Å². The zero-order chi connectivity index (χ0) is 15.5. The van der Waals surface area contributed by atoms with Crippen molar-refractivity contribution in [2.45, 2.75) is 45.9 Å². The van der Waals surface area contributed by atoms with Gasteiger partial charge in [-0.25, -0.2) is 14.4 Å². The first-order valence-electron chi connectivity index (χ1n) is 6.33. The van der Waals surface area contributed by atoms with E-state index >= 15 is 0 Å². The molecule has 0 radical (unpaired) electrons. The van der Waals surface area contributed by atoms with Gasteiger partial charge in [0.15, 0.2) is 5.57 Å². The van der Waals surface area contributed by atoms with Gasteiger partial charge in [0, 0.05) is 20.0 Å². The van der Waals surface area contributed by atoms with E-state index in [9.17, 15) is 14.4 Å². The van der Waals surface area contributed by atoms with Gasteiger partial charge in [0.2, 0.25) is 0 Å². The number of carbonyl (C=O) groups is 3. The summed E-state index contributed by atoms with van der Waals surface area (Å²) in [7, 11) is 0. The molecule has 1 saturated heterocycles. The first-order chi connectivity index (χ1) is 9.18. The second-order valence-corrected chi connectivity index (χ2v) is 5.10. The average molecular weight is 285 g/mol. The number of hydrogen-bond donors (Lipinski definition) is 2. The topological polar surface area (TPSA) is 102 Å². The number of carboxylic acid groups (broad SMARTS) is 1. The zero-order valence-electron chi connectivity index (χ0n) is 11.9. The molecule has 1 aliphatic heterocycles. The van der Waals surface area contributed by atoms with E-state index in [1.807, 2.05) is 6.92 Å². The van der Waals surface area contributed by atoms with E-state index in [1.54, 1.807) is 6.92 Å². The maximum atomic E-state index is 11.7. The summed E-state index contributed by atoms with van der Waals surface area (Å²) in [6, 6.07) is -0.900. The van der Waals surface area contributed by atoms with E-state index in [2.05, 4.69) is 5.32 Å². The number of carboxylic acids is 1. The molecule has 20 heavy (non-hydrogen) atoms. The maximum absolute atomic E-state index is 11.7.